The molecule has 29 heavy (non-hydrogen) atoms. The number of benzene rings is 2. The van der Waals surface area contributed by atoms with Crippen LogP contribution in [0.15, 0.2) is 59.8 Å². The lowest BCUT2D eigenvalue weighted by Gasteiger charge is -2.13. The number of nitrogens with zero attached hydrogens (tertiary/aromatic N) is 3. The van der Waals surface area contributed by atoms with Crippen molar-refractivity contribution in [2.24, 2.45) is 0 Å². The fourth-order valence-corrected chi connectivity index (χ4v) is 3.69. The number of aryl methyl sites for hydroxylation is 1. The molecule has 0 spiro atoms. The first kappa shape index (κ1) is 20.6. The molecule has 1 aromatic heterocycles. The first-order chi connectivity index (χ1) is 14.0. The van der Waals surface area contributed by atoms with Gasteiger partial charge in [-0.25, -0.2) is 0 Å². The Hall–Kier alpha value is -3.13. The summed E-state index contributed by atoms with van der Waals surface area (Å²) in [4.78, 5) is 24.5. The van der Waals surface area contributed by atoms with E-state index in [9.17, 15) is 9.59 Å². The second-order valence-corrected chi connectivity index (χ2v) is 7.74. The Morgan fingerprint density at radius 2 is 1.72 bits per heavy atom. The molecule has 2 amide bonds. The van der Waals surface area contributed by atoms with Gasteiger partial charge in [0.05, 0.1) is 5.25 Å². The van der Waals surface area contributed by atoms with E-state index < -0.39 is 5.25 Å². The normalized spacial score (nSPS) is 11.7. The third-order valence-electron chi connectivity index (χ3n) is 4.41. The number of rotatable bonds is 6. The van der Waals surface area contributed by atoms with Crippen LogP contribution in [0.5, 0.6) is 0 Å². The summed E-state index contributed by atoms with van der Waals surface area (Å²) in [6, 6.07) is 16.7. The number of carbonyl (C=O) groups is 2. The summed E-state index contributed by atoms with van der Waals surface area (Å²) in [5.74, 6) is 0.0928. The number of aromatic nitrogens is 3. The van der Waals surface area contributed by atoms with E-state index in [0.29, 0.717) is 17.3 Å². The van der Waals surface area contributed by atoms with Crippen LogP contribution in [0.2, 0.25) is 0 Å². The van der Waals surface area contributed by atoms with Crippen molar-refractivity contribution >= 4 is 23.6 Å². The molecule has 0 unspecified atom stereocenters. The van der Waals surface area contributed by atoms with E-state index in [1.807, 2.05) is 48.7 Å². The summed E-state index contributed by atoms with van der Waals surface area (Å²) in [6.07, 6.45) is 0. The lowest BCUT2D eigenvalue weighted by molar-refractivity contribution is -0.121. The predicted octanol–water partition coefficient (Wildman–Crippen LogP) is 3.22. The predicted molar refractivity (Wildman–Crippen MR) is 113 cm³/mol. The molecule has 8 heteroatoms. The van der Waals surface area contributed by atoms with Gasteiger partial charge in [0, 0.05) is 17.7 Å². The minimum atomic E-state index is -0.467. The van der Waals surface area contributed by atoms with Crippen molar-refractivity contribution in [1.82, 2.24) is 25.6 Å². The molecule has 2 N–H and O–H groups in total. The summed E-state index contributed by atoms with van der Waals surface area (Å²) >= 11 is 1.30. The highest BCUT2D eigenvalue weighted by atomic mass is 32.2. The maximum absolute atomic E-state index is 12.4. The molecule has 3 rings (SSSR count). The Kier molecular flexibility index (Phi) is 6.66. The summed E-state index contributed by atoms with van der Waals surface area (Å²) < 4.78 is 1.99. The van der Waals surface area contributed by atoms with Crippen LogP contribution in [0.1, 0.15) is 29.8 Å². The molecule has 1 heterocycles. The number of nitrogens with one attached hydrogen (secondary N) is 2. The Balaban J connectivity index is 1.66. The Morgan fingerprint density at radius 3 is 2.41 bits per heavy atom. The Bertz CT molecular complexity index is 1000. The first-order valence-corrected chi connectivity index (χ1v) is 10.2. The van der Waals surface area contributed by atoms with Crippen molar-refractivity contribution in [3.8, 4) is 11.4 Å². The number of hydrazine groups is 1. The lowest BCUT2D eigenvalue weighted by atomic mass is 10.1. The molecule has 0 aliphatic heterocycles. The topological polar surface area (TPSA) is 88.9 Å². The van der Waals surface area contributed by atoms with E-state index in [-0.39, 0.29) is 11.8 Å². The van der Waals surface area contributed by atoms with E-state index >= 15 is 0 Å². The van der Waals surface area contributed by atoms with Crippen molar-refractivity contribution < 1.29 is 9.59 Å². The summed E-state index contributed by atoms with van der Waals surface area (Å²) in [6.45, 7) is 6.48. The largest absolute Gasteiger partial charge is 0.302 e. The molecule has 0 radical (unpaired) electrons. The average molecular weight is 410 g/mol. The van der Waals surface area contributed by atoms with E-state index in [2.05, 4.69) is 21.0 Å². The van der Waals surface area contributed by atoms with E-state index in [1.54, 1.807) is 31.2 Å². The van der Waals surface area contributed by atoms with Gasteiger partial charge in [0.2, 0.25) is 0 Å². The fourth-order valence-electron chi connectivity index (χ4n) is 2.78. The van der Waals surface area contributed by atoms with E-state index in [0.717, 1.165) is 17.0 Å². The highest BCUT2D eigenvalue weighted by Gasteiger charge is 2.21. The maximum atomic E-state index is 12.4. The molecule has 2 aromatic carbocycles. The summed E-state index contributed by atoms with van der Waals surface area (Å²) in [7, 11) is 0. The molecule has 7 nitrogen and oxygen atoms in total. The molecule has 0 aliphatic rings. The van der Waals surface area contributed by atoms with Crippen molar-refractivity contribution in [2.75, 3.05) is 0 Å². The van der Waals surface area contributed by atoms with Gasteiger partial charge in [0.1, 0.15) is 0 Å². The van der Waals surface area contributed by atoms with Gasteiger partial charge in [0.15, 0.2) is 11.0 Å². The quantitative estimate of drug-likeness (QED) is 0.482. The van der Waals surface area contributed by atoms with Gasteiger partial charge >= 0.3 is 0 Å². The smallest absolute Gasteiger partial charge is 0.269 e. The van der Waals surface area contributed by atoms with E-state index in [1.165, 1.54) is 11.8 Å². The van der Waals surface area contributed by atoms with Crippen LogP contribution in [0.3, 0.4) is 0 Å². The number of thioether (sulfide) groups is 1. The van der Waals surface area contributed by atoms with Crippen LogP contribution in [-0.4, -0.2) is 31.8 Å². The van der Waals surface area contributed by atoms with Crippen molar-refractivity contribution in [3.63, 3.8) is 0 Å². The van der Waals surface area contributed by atoms with Gasteiger partial charge in [-0.15, -0.1) is 10.2 Å². The SMILES string of the molecule is CCn1c(S[C@@H](C)C(=O)NNC(=O)c2ccccc2)nnc1-c1ccccc1C. The molecular formula is C21H23N5O2S. The van der Waals surface area contributed by atoms with Gasteiger partial charge < -0.3 is 4.57 Å². The highest BCUT2D eigenvalue weighted by Crippen LogP contribution is 2.28. The van der Waals surface area contributed by atoms with Crippen molar-refractivity contribution in [1.29, 1.82) is 0 Å². The van der Waals surface area contributed by atoms with Crippen LogP contribution in [-0.2, 0) is 11.3 Å². The minimum Gasteiger partial charge on any atom is -0.302 e. The van der Waals surface area contributed by atoms with Gasteiger partial charge in [-0.3, -0.25) is 20.4 Å². The second kappa shape index (κ2) is 9.38. The number of hydrogen-bond donors (Lipinski definition) is 2. The van der Waals surface area contributed by atoms with Crippen molar-refractivity contribution in [3.05, 3.63) is 65.7 Å². The Labute approximate surface area is 173 Å². The Morgan fingerprint density at radius 1 is 1.03 bits per heavy atom. The lowest BCUT2D eigenvalue weighted by Crippen LogP contribution is -2.44. The maximum Gasteiger partial charge on any atom is 0.269 e. The third kappa shape index (κ3) is 4.83. The van der Waals surface area contributed by atoms with Gasteiger partial charge in [-0.1, -0.05) is 54.2 Å². The van der Waals surface area contributed by atoms with Gasteiger partial charge in [-0.2, -0.15) is 0 Å². The zero-order valence-electron chi connectivity index (χ0n) is 16.5. The molecule has 0 aliphatic carbocycles. The molecule has 0 saturated carbocycles. The highest BCUT2D eigenvalue weighted by molar-refractivity contribution is 8.00. The summed E-state index contributed by atoms with van der Waals surface area (Å²) in [5, 5.41) is 8.80. The molecule has 0 bridgehead atoms. The standard InChI is InChI=1S/C21H23N5O2S/c1-4-26-18(17-13-9-8-10-14(17)2)22-25-21(26)29-15(3)19(27)23-24-20(28)16-11-6-5-7-12-16/h5-13,15H,4H2,1-3H3,(H,23,27)(H,24,28)/t15-/m0/s1. The van der Waals surface area contributed by atoms with Gasteiger partial charge in [-0.05, 0) is 38.5 Å². The second-order valence-electron chi connectivity index (χ2n) is 6.43. The molecule has 0 fully saturated rings. The van der Waals surface area contributed by atoms with Crippen LogP contribution in [0.4, 0.5) is 0 Å². The van der Waals surface area contributed by atoms with Crippen LogP contribution in [0, 0.1) is 6.92 Å². The van der Waals surface area contributed by atoms with E-state index in [4.69, 9.17) is 0 Å². The molecule has 1 atom stereocenters. The zero-order chi connectivity index (χ0) is 20.8. The average Bonchev–Trinajstić information content (AvgIpc) is 3.14. The molecule has 150 valence electrons. The minimum absolute atomic E-state index is 0.317. The molecule has 3 aromatic rings. The van der Waals surface area contributed by atoms with Gasteiger partial charge in [0.25, 0.3) is 11.8 Å². The first-order valence-electron chi connectivity index (χ1n) is 9.32. The molecular weight excluding hydrogens is 386 g/mol. The summed E-state index contributed by atoms with van der Waals surface area (Å²) in [5.41, 5.74) is 7.51. The fraction of sp³-hybridized carbons (Fsp3) is 0.238. The number of carbonyl (C=O) groups excluding carboxylic acids is 2. The molecule has 0 saturated heterocycles. The van der Waals surface area contributed by atoms with Crippen LogP contribution in [0.25, 0.3) is 11.4 Å². The van der Waals surface area contributed by atoms with Crippen LogP contribution >= 0.6 is 11.8 Å². The number of hydrogen-bond acceptors (Lipinski definition) is 5. The number of amides is 2. The van der Waals surface area contributed by atoms with Crippen LogP contribution < -0.4 is 10.9 Å². The monoisotopic (exact) mass is 409 g/mol. The zero-order valence-corrected chi connectivity index (χ0v) is 17.4. The van der Waals surface area contributed by atoms with Crippen molar-refractivity contribution in [2.45, 2.75) is 37.7 Å². The third-order valence-corrected chi connectivity index (χ3v) is 5.49.